The van der Waals surface area contributed by atoms with Gasteiger partial charge in [-0.1, -0.05) is 6.07 Å². The van der Waals surface area contributed by atoms with Crippen LogP contribution in [0, 0.1) is 10.1 Å². The lowest BCUT2D eigenvalue weighted by Crippen LogP contribution is -2.44. The Morgan fingerprint density at radius 3 is 2.42 bits per heavy atom. The lowest BCUT2D eigenvalue weighted by Gasteiger charge is -2.27. The number of hydrogen-bond donors (Lipinski definition) is 0. The van der Waals surface area contributed by atoms with Crippen molar-refractivity contribution in [3.8, 4) is 11.5 Å². The van der Waals surface area contributed by atoms with Crippen molar-refractivity contribution in [2.45, 2.75) is 25.4 Å². The highest BCUT2D eigenvalue weighted by atomic mass is 79.9. The normalized spacial score (nSPS) is 17.3. The van der Waals surface area contributed by atoms with E-state index in [1.807, 2.05) is 0 Å². The number of nitrogens with zero attached hydrogens (tertiary/aromatic N) is 3. The number of nitro benzene ring substituents is 1. The van der Waals surface area contributed by atoms with Gasteiger partial charge in [-0.2, -0.15) is 13.2 Å². The minimum absolute atomic E-state index is 0.0743. The third kappa shape index (κ3) is 6.18. The van der Waals surface area contributed by atoms with Gasteiger partial charge in [-0.05, 0) is 82.9 Å². The van der Waals surface area contributed by atoms with Gasteiger partial charge in [0.1, 0.15) is 12.3 Å². The van der Waals surface area contributed by atoms with Crippen LogP contribution >= 0.6 is 27.7 Å². The molecule has 0 aromatic heterocycles. The van der Waals surface area contributed by atoms with E-state index in [9.17, 15) is 37.7 Å². The molecule has 0 radical (unpaired) electrons. The number of imide groups is 1. The number of piperidine rings is 1. The average molecular weight is 614 g/mol. The average Bonchev–Trinajstić information content (AvgIpc) is 3.12. The van der Waals surface area contributed by atoms with Crippen LogP contribution in [0.1, 0.15) is 30.4 Å². The van der Waals surface area contributed by atoms with Crippen LogP contribution in [0.4, 0.5) is 23.7 Å². The second-order valence-corrected chi connectivity index (χ2v) is 10.3. The highest BCUT2D eigenvalue weighted by molar-refractivity contribution is 9.10. The second kappa shape index (κ2) is 11.2. The molecule has 0 aliphatic carbocycles. The van der Waals surface area contributed by atoms with E-state index in [-0.39, 0.29) is 23.1 Å². The van der Waals surface area contributed by atoms with Gasteiger partial charge in [0.25, 0.3) is 11.1 Å². The number of alkyl halides is 3. The minimum atomic E-state index is -4.76. The van der Waals surface area contributed by atoms with Crippen LogP contribution in [0.25, 0.3) is 6.08 Å². The number of rotatable bonds is 6. The van der Waals surface area contributed by atoms with Crippen LogP contribution < -0.4 is 4.74 Å². The molecule has 200 valence electrons. The van der Waals surface area contributed by atoms with E-state index >= 15 is 0 Å². The Labute approximate surface area is 226 Å². The largest absolute Gasteiger partial charge is 0.449 e. The van der Waals surface area contributed by atoms with Crippen LogP contribution in [0.2, 0.25) is 0 Å². The number of hydrogen-bond acceptors (Lipinski definition) is 7. The van der Waals surface area contributed by atoms with E-state index in [1.54, 1.807) is 4.90 Å². The van der Waals surface area contributed by atoms with Gasteiger partial charge in [0, 0.05) is 19.2 Å². The van der Waals surface area contributed by atoms with Crippen molar-refractivity contribution in [2.75, 3.05) is 19.6 Å². The zero-order chi connectivity index (χ0) is 27.6. The van der Waals surface area contributed by atoms with Gasteiger partial charge in [0.15, 0.2) is 0 Å². The molecule has 2 aromatic rings. The van der Waals surface area contributed by atoms with E-state index in [0.717, 1.165) is 30.2 Å². The second-order valence-electron chi connectivity index (χ2n) is 8.44. The zero-order valence-corrected chi connectivity index (χ0v) is 21.9. The summed E-state index contributed by atoms with van der Waals surface area (Å²) in [5.41, 5.74) is -1.57. The van der Waals surface area contributed by atoms with Crippen LogP contribution in [0.15, 0.2) is 45.8 Å². The molecule has 38 heavy (non-hydrogen) atoms. The van der Waals surface area contributed by atoms with Crippen LogP contribution in [-0.2, 0) is 15.8 Å². The van der Waals surface area contributed by atoms with Gasteiger partial charge >= 0.3 is 11.9 Å². The molecular formula is C24H19BrF3N3O6S. The van der Waals surface area contributed by atoms with E-state index < -0.39 is 39.2 Å². The van der Waals surface area contributed by atoms with E-state index in [4.69, 9.17) is 4.74 Å². The molecule has 9 nitrogen and oxygen atoms in total. The summed E-state index contributed by atoms with van der Waals surface area (Å²) in [4.78, 5) is 50.7. The molecule has 0 unspecified atom stereocenters. The summed E-state index contributed by atoms with van der Waals surface area (Å²) in [7, 11) is 0. The fourth-order valence-corrected chi connectivity index (χ4v) is 5.21. The third-order valence-electron chi connectivity index (χ3n) is 5.83. The van der Waals surface area contributed by atoms with Gasteiger partial charge in [-0.3, -0.25) is 29.4 Å². The monoisotopic (exact) mass is 613 g/mol. The summed E-state index contributed by atoms with van der Waals surface area (Å²) in [6.45, 7) is 0.871. The zero-order valence-electron chi connectivity index (χ0n) is 19.5. The minimum Gasteiger partial charge on any atom is -0.449 e. The molecule has 0 bridgehead atoms. The molecule has 3 amide bonds. The molecule has 4 rings (SSSR count). The Morgan fingerprint density at radius 1 is 1.11 bits per heavy atom. The van der Waals surface area contributed by atoms with Gasteiger partial charge in [0.05, 0.1) is 19.9 Å². The lowest BCUT2D eigenvalue weighted by molar-refractivity contribution is -0.385. The number of benzene rings is 2. The highest BCUT2D eigenvalue weighted by Crippen LogP contribution is 2.40. The first-order chi connectivity index (χ1) is 17.9. The Bertz CT molecular complexity index is 1340. The number of amides is 3. The summed E-state index contributed by atoms with van der Waals surface area (Å²) in [5.74, 6) is -1.20. The van der Waals surface area contributed by atoms with Crippen molar-refractivity contribution in [1.29, 1.82) is 0 Å². The van der Waals surface area contributed by atoms with E-state index in [2.05, 4.69) is 15.9 Å². The van der Waals surface area contributed by atoms with Gasteiger partial charge in [0.2, 0.25) is 11.7 Å². The molecule has 2 fully saturated rings. The highest BCUT2D eigenvalue weighted by Gasteiger charge is 2.37. The van der Waals surface area contributed by atoms with E-state index in [1.165, 1.54) is 24.3 Å². The first-order valence-corrected chi connectivity index (χ1v) is 12.9. The maximum absolute atomic E-state index is 12.9. The molecule has 0 saturated carbocycles. The van der Waals surface area contributed by atoms with Gasteiger partial charge < -0.3 is 9.64 Å². The Hall–Kier alpha value is -3.39. The summed E-state index contributed by atoms with van der Waals surface area (Å²) >= 11 is 3.95. The maximum atomic E-state index is 12.9. The predicted octanol–water partition coefficient (Wildman–Crippen LogP) is 6.22. The fourth-order valence-electron chi connectivity index (χ4n) is 3.90. The van der Waals surface area contributed by atoms with Crippen molar-refractivity contribution in [1.82, 2.24) is 9.80 Å². The lowest BCUT2D eigenvalue weighted by atomic mass is 10.1. The molecule has 2 aliphatic rings. The Morgan fingerprint density at radius 2 is 1.79 bits per heavy atom. The number of ether oxygens (including phenoxy) is 1. The molecule has 2 aromatic carbocycles. The maximum Gasteiger partial charge on any atom is 0.416 e. The molecule has 2 saturated heterocycles. The van der Waals surface area contributed by atoms with Gasteiger partial charge in [-0.15, -0.1) is 0 Å². The number of thioether (sulfide) groups is 1. The number of carbonyl (C=O) groups excluding carboxylic acids is 3. The number of carbonyl (C=O) groups is 3. The summed E-state index contributed by atoms with van der Waals surface area (Å²) < 4.78 is 44.6. The van der Waals surface area contributed by atoms with Crippen molar-refractivity contribution in [3.63, 3.8) is 0 Å². The molecule has 2 heterocycles. The number of likely N-dealkylation sites (tertiary alicyclic amines) is 1. The molecule has 2 aliphatic heterocycles. The van der Waals surface area contributed by atoms with Crippen molar-refractivity contribution in [3.05, 3.63) is 67.0 Å². The number of nitro groups is 1. The van der Waals surface area contributed by atoms with Crippen LogP contribution in [0.5, 0.6) is 11.5 Å². The quantitative estimate of drug-likeness (QED) is 0.216. The first-order valence-electron chi connectivity index (χ1n) is 11.3. The Kier molecular flexibility index (Phi) is 8.11. The molecule has 0 spiro atoms. The number of halogens is 4. The van der Waals surface area contributed by atoms with Crippen molar-refractivity contribution >= 4 is 56.5 Å². The topological polar surface area (TPSA) is 110 Å². The summed E-state index contributed by atoms with van der Waals surface area (Å²) in [6, 6.07) is 6.35. The van der Waals surface area contributed by atoms with Crippen molar-refractivity contribution in [2.24, 2.45) is 0 Å². The fraction of sp³-hybridized carbons (Fsp3) is 0.292. The van der Waals surface area contributed by atoms with Gasteiger partial charge in [-0.25, -0.2) is 0 Å². The van der Waals surface area contributed by atoms with Crippen LogP contribution in [0.3, 0.4) is 0 Å². The smallest absolute Gasteiger partial charge is 0.416 e. The third-order valence-corrected chi connectivity index (χ3v) is 7.36. The molecule has 0 N–H and O–H groups in total. The molecular weight excluding hydrogens is 595 g/mol. The Balaban J connectivity index is 1.49. The standard InChI is InChI=1S/C24H19BrF3N3O6S/c25-16-10-14(4-6-18(16)37-19-7-5-15(24(26,27)28)12-17(19)31(35)36)11-20-22(33)30(23(34)38-20)13-21(32)29-8-2-1-3-9-29/h4-7,10-12H,1-3,8-9,13H2/b20-11+. The first kappa shape index (κ1) is 27.6. The van der Waals surface area contributed by atoms with Crippen LogP contribution in [-0.4, -0.2) is 51.4 Å². The van der Waals surface area contributed by atoms with Crippen molar-refractivity contribution < 1.29 is 37.2 Å². The summed E-state index contributed by atoms with van der Waals surface area (Å²) in [6.07, 6.45) is -0.505. The predicted molar refractivity (Wildman–Crippen MR) is 135 cm³/mol. The molecule has 14 heteroatoms. The SMILES string of the molecule is O=C(CN1C(=O)S/C(=C/c2ccc(Oc3ccc(C(F)(F)F)cc3[N+](=O)[O-])c(Br)c2)C1=O)N1CCCCC1. The molecule has 0 atom stereocenters. The summed E-state index contributed by atoms with van der Waals surface area (Å²) in [5, 5.41) is 10.8. The van der Waals surface area contributed by atoms with E-state index in [0.29, 0.717) is 47.0 Å².